The van der Waals surface area contributed by atoms with E-state index < -0.39 is 0 Å². The van der Waals surface area contributed by atoms with E-state index in [1.165, 1.54) is 51.4 Å². The molecular formula is C13H26N. The summed E-state index contributed by atoms with van der Waals surface area (Å²) in [6.07, 6.45) is 16.2. The maximum absolute atomic E-state index is 7.00. The molecule has 0 rings (SSSR count). The Bertz CT molecular complexity index is 118. The van der Waals surface area contributed by atoms with Crippen LogP contribution in [0.4, 0.5) is 0 Å². The van der Waals surface area contributed by atoms with Crippen LogP contribution in [0.1, 0.15) is 64.7 Å². The Kier molecular flexibility index (Phi) is 12.4. The van der Waals surface area contributed by atoms with Crippen molar-refractivity contribution in [3.05, 3.63) is 12.2 Å². The van der Waals surface area contributed by atoms with Gasteiger partial charge in [-0.3, -0.25) is 5.73 Å². The molecular weight excluding hydrogens is 170 g/mol. The maximum Gasteiger partial charge on any atom is 0.00997 e. The lowest BCUT2D eigenvalue weighted by atomic mass is 10.1. The fourth-order valence-electron chi connectivity index (χ4n) is 1.48. The summed E-state index contributed by atoms with van der Waals surface area (Å²) in [5.41, 5.74) is 7.00. The molecule has 0 aliphatic carbocycles. The van der Waals surface area contributed by atoms with Gasteiger partial charge in [0.2, 0.25) is 0 Å². The fourth-order valence-corrected chi connectivity index (χ4v) is 1.48. The van der Waals surface area contributed by atoms with Crippen molar-refractivity contribution in [2.75, 3.05) is 6.54 Å². The molecule has 0 spiro atoms. The van der Waals surface area contributed by atoms with Gasteiger partial charge in [-0.15, -0.1) is 0 Å². The number of allylic oxidation sites excluding steroid dienone is 2. The van der Waals surface area contributed by atoms with Gasteiger partial charge in [-0.2, -0.15) is 0 Å². The normalized spacial score (nSPS) is 11.3. The standard InChI is InChI=1S/C13H26N/c1-2-3-4-5-6-7-8-9-10-11-12-13-14/h5-6,14H,2-4,7-13H2,1H3/b6-5+. The molecule has 0 bridgehead atoms. The third-order valence-electron chi connectivity index (χ3n) is 2.44. The third-order valence-corrected chi connectivity index (χ3v) is 2.44. The Hall–Kier alpha value is -0.300. The monoisotopic (exact) mass is 196 g/mol. The van der Waals surface area contributed by atoms with Crippen LogP contribution in [0, 0.1) is 0 Å². The molecule has 0 amide bonds. The third kappa shape index (κ3) is 11.7. The Morgan fingerprint density at radius 3 is 2.00 bits per heavy atom. The highest BCUT2D eigenvalue weighted by Gasteiger charge is 1.88. The highest BCUT2D eigenvalue weighted by molar-refractivity contribution is 4.80. The van der Waals surface area contributed by atoms with Gasteiger partial charge < -0.3 is 0 Å². The van der Waals surface area contributed by atoms with Crippen LogP contribution in [0.25, 0.3) is 0 Å². The van der Waals surface area contributed by atoms with Gasteiger partial charge in [0.25, 0.3) is 0 Å². The Morgan fingerprint density at radius 2 is 1.36 bits per heavy atom. The van der Waals surface area contributed by atoms with Crippen LogP contribution in [0.3, 0.4) is 0 Å². The molecule has 1 N–H and O–H groups in total. The van der Waals surface area contributed by atoms with Crippen LogP contribution in [0.2, 0.25) is 0 Å². The molecule has 0 saturated carbocycles. The topological polar surface area (TPSA) is 23.8 Å². The lowest BCUT2D eigenvalue weighted by molar-refractivity contribution is 0.619. The van der Waals surface area contributed by atoms with E-state index in [2.05, 4.69) is 19.1 Å². The summed E-state index contributed by atoms with van der Waals surface area (Å²) < 4.78 is 0. The van der Waals surface area contributed by atoms with Crippen LogP contribution >= 0.6 is 0 Å². The first-order valence-electron chi connectivity index (χ1n) is 6.21. The number of hydrogen-bond acceptors (Lipinski definition) is 0. The van der Waals surface area contributed by atoms with E-state index in [4.69, 9.17) is 5.73 Å². The van der Waals surface area contributed by atoms with E-state index in [0.29, 0.717) is 6.54 Å². The van der Waals surface area contributed by atoms with Gasteiger partial charge in [0.15, 0.2) is 0 Å². The van der Waals surface area contributed by atoms with E-state index in [1.807, 2.05) is 0 Å². The minimum atomic E-state index is 0.608. The first-order valence-corrected chi connectivity index (χ1v) is 6.21. The number of rotatable bonds is 10. The van der Waals surface area contributed by atoms with E-state index in [9.17, 15) is 0 Å². The molecule has 0 aromatic rings. The number of unbranched alkanes of at least 4 members (excludes halogenated alkanes) is 7. The van der Waals surface area contributed by atoms with Crippen LogP contribution in [0.15, 0.2) is 12.2 Å². The van der Waals surface area contributed by atoms with E-state index in [0.717, 1.165) is 6.42 Å². The van der Waals surface area contributed by atoms with E-state index in [1.54, 1.807) is 0 Å². The van der Waals surface area contributed by atoms with Gasteiger partial charge in [0.1, 0.15) is 0 Å². The smallest absolute Gasteiger partial charge is 0.00997 e. The van der Waals surface area contributed by atoms with Crippen molar-refractivity contribution in [3.8, 4) is 0 Å². The molecule has 0 saturated heterocycles. The van der Waals surface area contributed by atoms with Gasteiger partial charge in [0, 0.05) is 6.54 Å². The van der Waals surface area contributed by atoms with Crippen LogP contribution in [0.5, 0.6) is 0 Å². The number of nitrogens with one attached hydrogen (secondary N) is 1. The highest BCUT2D eigenvalue weighted by atomic mass is 14.5. The van der Waals surface area contributed by atoms with Crippen LogP contribution < -0.4 is 5.73 Å². The molecule has 1 nitrogen and oxygen atoms in total. The predicted molar refractivity (Wildman–Crippen MR) is 64.3 cm³/mol. The molecule has 0 aromatic heterocycles. The van der Waals surface area contributed by atoms with Gasteiger partial charge in [-0.05, 0) is 25.7 Å². The van der Waals surface area contributed by atoms with Crippen LogP contribution in [-0.4, -0.2) is 6.54 Å². The quantitative estimate of drug-likeness (QED) is 0.366. The highest BCUT2D eigenvalue weighted by Crippen LogP contribution is 2.06. The molecule has 0 atom stereocenters. The summed E-state index contributed by atoms with van der Waals surface area (Å²) in [5.74, 6) is 0. The van der Waals surface area contributed by atoms with Crippen molar-refractivity contribution in [1.29, 1.82) is 0 Å². The molecule has 1 heteroatoms. The van der Waals surface area contributed by atoms with E-state index in [-0.39, 0.29) is 0 Å². The van der Waals surface area contributed by atoms with Crippen molar-refractivity contribution < 1.29 is 0 Å². The first kappa shape index (κ1) is 13.7. The minimum absolute atomic E-state index is 0.608. The van der Waals surface area contributed by atoms with Gasteiger partial charge in [-0.25, -0.2) is 0 Å². The van der Waals surface area contributed by atoms with Crippen molar-refractivity contribution in [2.24, 2.45) is 0 Å². The average molecular weight is 196 g/mol. The lowest BCUT2D eigenvalue weighted by Gasteiger charge is -1.97. The molecule has 14 heavy (non-hydrogen) atoms. The van der Waals surface area contributed by atoms with Gasteiger partial charge in [0.05, 0.1) is 0 Å². The van der Waals surface area contributed by atoms with Gasteiger partial charge >= 0.3 is 0 Å². The number of hydrogen-bond donors (Lipinski definition) is 0. The van der Waals surface area contributed by atoms with Crippen molar-refractivity contribution >= 4 is 0 Å². The summed E-state index contributed by atoms with van der Waals surface area (Å²) in [5, 5.41) is 0. The zero-order chi connectivity index (χ0) is 10.5. The molecule has 0 fully saturated rings. The summed E-state index contributed by atoms with van der Waals surface area (Å²) >= 11 is 0. The lowest BCUT2D eigenvalue weighted by Crippen LogP contribution is -1.85. The molecule has 0 aliphatic rings. The Morgan fingerprint density at radius 1 is 0.786 bits per heavy atom. The summed E-state index contributed by atoms with van der Waals surface area (Å²) in [7, 11) is 0. The largest absolute Gasteiger partial charge is 0.258 e. The molecule has 83 valence electrons. The van der Waals surface area contributed by atoms with Crippen molar-refractivity contribution in [1.82, 2.24) is 5.73 Å². The first-order chi connectivity index (χ1) is 6.91. The van der Waals surface area contributed by atoms with Crippen molar-refractivity contribution in [3.63, 3.8) is 0 Å². The van der Waals surface area contributed by atoms with E-state index >= 15 is 0 Å². The van der Waals surface area contributed by atoms with Gasteiger partial charge in [-0.1, -0.05) is 51.2 Å². The second-order valence-electron chi connectivity index (χ2n) is 3.92. The molecule has 0 aromatic carbocycles. The molecule has 0 heterocycles. The van der Waals surface area contributed by atoms with Crippen LogP contribution in [-0.2, 0) is 0 Å². The molecule has 0 aliphatic heterocycles. The van der Waals surface area contributed by atoms with Crippen molar-refractivity contribution in [2.45, 2.75) is 64.7 Å². The maximum atomic E-state index is 7.00. The summed E-state index contributed by atoms with van der Waals surface area (Å²) in [6, 6.07) is 0. The summed E-state index contributed by atoms with van der Waals surface area (Å²) in [6.45, 7) is 2.84. The zero-order valence-electron chi connectivity index (χ0n) is 9.73. The Balaban J connectivity index is 2.94. The average Bonchev–Trinajstić information content (AvgIpc) is 2.21. The summed E-state index contributed by atoms with van der Waals surface area (Å²) in [4.78, 5) is 0. The Labute approximate surface area is 89.8 Å². The second kappa shape index (κ2) is 12.7. The molecule has 0 unspecified atom stereocenters. The molecule has 1 radical (unpaired) electrons. The zero-order valence-corrected chi connectivity index (χ0v) is 9.73. The predicted octanol–water partition coefficient (Wildman–Crippen LogP) is 4.36. The SMILES string of the molecule is CCCC/C=C/CCCCCCC[NH]. The fraction of sp³-hybridized carbons (Fsp3) is 0.846. The minimum Gasteiger partial charge on any atom is -0.258 e. The second-order valence-corrected chi connectivity index (χ2v) is 3.92.